The van der Waals surface area contributed by atoms with Gasteiger partial charge in [0.2, 0.25) is 0 Å². The van der Waals surface area contributed by atoms with E-state index in [1.165, 1.54) is 0 Å². The van der Waals surface area contributed by atoms with Gasteiger partial charge in [-0.3, -0.25) is 0 Å². The van der Waals surface area contributed by atoms with Gasteiger partial charge >= 0.3 is 5.97 Å². The molecule has 0 saturated carbocycles. The number of aromatic nitrogens is 3. The van der Waals surface area contributed by atoms with E-state index < -0.39 is 0 Å². The maximum absolute atomic E-state index is 11.9. The van der Waals surface area contributed by atoms with Gasteiger partial charge < -0.3 is 20.4 Å². The van der Waals surface area contributed by atoms with Crippen LogP contribution in [0.15, 0.2) is 24.5 Å². The van der Waals surface area contributed by atoms with E-state index in [9.17, 15) is 4.79 Å². The van der Waals surface area contributed by atoms with Gasteiger partial charge in [0, 0.05) is 31.4 Å². The Balaban J connectivity index is 2.05. The molecule has 0 fully saturated rings. The van der Waals surface area contributed by atoms with Crippen molar-refractivity contribution < 1.29 is 9.53 Å². The standard InChI is InChI=1S/C14H19N5O2/c1-3-21-14(20)11-8-10(15)4-5-12(11)16-7-6-13-18-17-9-19(13)2/h4-5,8-9,16H,3,6-7,15H2,1-2H3. The Bertz CT molecular complexity index is 624. The first-order valence-corrected chi connectivity index (χ1v) is 6.75. The maximum atomic E-state index is 11.9. The lowest BCUT2D eigenvalue weighted by Crippen LogP contribution is -2.13. The molecule has 7 nitrogen and oxygen atoms in total. The van der Waals surface area contributed by atoms with Gasteiger partial charge in [0.05, 0.1) is 12.2 Å². The zero-order chi connectivity index (χ0) is 15.2. The van der Waals surface area contributed by atoms with E-state index in [-0.39, 0.29) is 5.97 Å². The van der Waals surface area contributed by atoms with E-state index in [1.807, 2.05) is 11.6 Å². The van der Waals surface area contributed by atoms with Gasteiger partial charge in [-0.1, -0.05) is 0 Å². The van der Waals surface area contributed by atoms with E-state index in [0.29, 0.717) is 36.5 Å². The van der Waals surface area contributed by atoms with Crippen molar-refractivity contribution in [2.45, 2.75) is 13.3 Å². The number of anilines is 2. The molecule has 1 aromatic heterocycles. The van der Waals surface area contributed by atoms with Crippen LogP contribution in [0.25, 0.3) is 0 Å². The normalized spacial score (nSPS) is 10.4. The van der Waals surface area contributed by atoms with Crippen LogP contribution in [-0.4, -0.2) is 33.9 Å². The van der Waals surface area contributed by atoms with Gasteiger partial charge in [0.1, 0.15) is 12.2 Å². The molecule has 112 valence electrons. The summed E-state index contributed by atoms with van der Waals surface area (Å²) in [7, 11) is 1.89. The number of nitrogens with zero attached hydrogens (tertiary/aromatic N) is 3. The van der Waals surface area contributed by atoms with E-state index in [1.54, 1.807) is 31.5 Å². The predicted molar refractivity (Wildman–Crippen MR) is 80.0 cm³/mol. The molecular weight excluding hydrogens is 270 g/mol. The third-order valence-electron chi connectivity index (χ3n) is 3.01. The highest BCUT2D eigenvalue weighted by Gasteiger charge is 2.13. The summed E-state index contributed by atoms with van der Waals surface area (Å²) in [6, 6.07) is 5.13. The molecule has 3 N–H and O–H groups in total. The van der Waals surface area contributed by atoms with Gasteiger partial charge in [-0.15, -0.1) is 10.2 Å². The Morgan fingerprint density at radius 1 is 1.48 bits per heavy atom. The number of nitrogens with two attached hydrogens (primary N) is 1. The number of esters is 1. The van der Waals surface area contributed by atoms with Crippen LogP contribution in [0, 0.1) is 0 Å². The van der Waals surface area contributed by atoms with Crippen molar-refractivity contribution in [3.05, 3.63) is 35.9 Å². The summed E-state index contributed by atoms with van der Waals surface area (Å²) < 4.78 is 6.89. The lowest BCUT2D eigenvalue weighted by Gasteiger charge is -2.12. The Labute approximate surface area is 123 Å². The number of hydrogen-bond acceptors (Lipinski definition) is 6. The van der Waals surface area contributed by atoms with Crippen molar-refractivity contribution >= 4 is 17.3 Å². The minimum absolute atomic E-state index is 0.325. The van der Waals surface area contributed by atoms with Crippen LogP contribution in [0.1, 0.15) is 23.1 Å². The number of nitrogens with one attached hydrogen (secondary N) is 1. The number of ether oxygens (including phenoxy) is 1. The molecule has 0 amide bonds. The number of nitrogen functional groups attached to an aromatic ring is 1. The molecular formula is C14H19N5O2. The highest BCUT2D eigenvalue weighted by atomic mass is 16.5. The maximum Gasteiger partial charge on any atom is 0.340 e. The lowest BCUT2D eigenvalue weighted by molar-refractivity contribution is 0.0527. The van der Waals surface area contributed by atoms with E-state index >= 15 is 0 Å². The third-order valence-corrected chi connectivity index (χ3v) is 3.01. The van der Waals surface area contributed by atoms with E-state index in [4.69, 9.17) is 10.5 Å². The van der Waals surface area contributed by atoms with Crippen LogP contribution >= 0.6 is 0 Å². The number of aryl methyl sites for hydroxylation is 1. The van der Waals surface area contributed by atoms with Crippen LogP contribution in [0.4, 0.5) is 11.4 Å². The highest BCUT2D eigenvalue weighted by molar-refractivity contribution is 5.96. The summed E-state index contributed by atoms with van der Waals surface area (Å²) in [5.41, 5.74) is 7.39. The number of carbonyl (C=O) groups excluding carboxylic acids is 1. The molecule has 0 bridgehead atoms. The molecule has 2 rings (SSSR count). The van der Waals surface area contributed by atoms with Crippen LogP contribution in [-0.2, 0) is 18.2 Å². The predicted octanol–water partition coefficient (Wildman–Crippen LogP) is 1.23. The SMILES string of the molecule is CCOC(=O)c1cc(N)ccc1NCCc1nncn1C. The first-order chi connectivity index (χ1) is 10.1. The van der Waals surface area contributed by atoms with Crippen molar-refractivity contribution in [2.75, 3.05) is 24.2 Å². The number of hydrogen-bond donors (Lipinski definition) is 2. The average Bonchev–Trinajstić information content (AvgIpc) is 2.86. The first kappa shape index (κ1) is 14.8. The summed E-state index contributed by atoms with van der Waals surface area (Å²) in [6.45, 7) is 2.72. The molecule has 0 saturated heterocycles. The van der Waals surface area contributed by atoms with Crippen LogP contribution in [0.3, 0.4) is 0 Å². The van der Waals surface area contributed by atoms with Crippen molar-refractivity contribution in [2.24, 2.45) is 7.05 Å². The second kappa shape index (κ2) is 6.74. The number of rotatable bonds is 6. The molecule has 0 aliphatic rings. The molecule has 0 unspecified atom stereocenters. The summed E-state index contributed by atoms with van der Waals surface area (Å²) in [4.78, 5) is 11.9. The van der Waals surface area contributed by atoms with Crippen molar-refractivity contribution in [3.63, 3.8) is 0 Å². The average molecular weight is 289 g/mol. The van der Waals surface area contributed by atoms with Crippen LogP contribution in [0.5, 0.6) is 0 Å². The van der Waals surface area contributed by atoms with Crippen molar-refractivity contribution in [1.29, 1.82) is 0 Å². The molecule has 0 aliphatic carbocycles. The molecule has 2 aromatic rings. The van der Waals surface area contributed by atoms with E-state index in [0.717, 1.165) is 5.82 Å². The third kappa shape index (κ3) is 3.71. The van der Waals surface area contributed by atoms with Gasteiger partial charge in [0.25, 0.3) is 0 Å². The minimum Gasteiger partial charge on any atom is -0.462 e. The molecule has 0 radical (unpaired) electrons. The summed E-state index contributed by atoms with van der Waals surface area (Å²) in [6.07, 6.45) is 2.35. The summed E-state index contributed by atoms with van der Waals surface area (Å²) >= 11 is 0. The van der Waals surface area contributed by atoms with E-state index in [2.05, 4.69) is 15.5 Å². The largest absolute Gasteiger partial charge is 0.462 e. The molecule has 0 aliphatic heterocycles. The van der Waals surface area contributed by atoms with Gasteiger partial charge in [0.15, 0.2) is 0 Å². The summed E-state index contributed by atoms with van der Waals surface area (Å²) in [5.74, 6) is 0.488. The number of benzene rings is 1. The Morgan fingerprint density at radius 3 is 2.95 bits per heavy atom. The molecule has 1 heterocycles. The molecule has 1 aromatic carbocycles. The Kier molecular flexibility index (Phi) is 4.76. The fraction of sp³-hybridized carbons (Fsp3) is 0.357. The molecule has 0 atom stereocenters. The molecule has 0 spiro atoms. The molecule has 21 heavy (non-hydrogen) atoms. The van der Waals surface area contributed by atoms with Crippen molar-refractivity contribution in [1.82, 2.24) is 14.8 Å². The fourth-order valence-electron chi connectivity index (χ4n) is 1.94. The van der Waals surface area contributed by atoms with Crippen molar-refractivity contribution in [3.8, 4) is 0 Å². The topological polar surface area (TPSA) is 95.1 Å². The fourth-order valence-corrected chi connectivity index (χ4v) is 1.94. The lowest BCUT2D eigenvalue weighted by atomic mass is 10.1. The van der Waals surface area contributed by atoms with Gasteiger partial charge in [-0.25, -0.2) is 4.79 Å². The van der Waals surface area contributed by atoms with Gasteiger partial charge in [-0.05, 0) is 25.1 Å². The quantitative estimate of drug-likeness (QED) is 0.613. The Morgan fingerprint density at radius 2 is 2.29 bits per heavy atom. The highest BCUT2D eigenvalue weighted by Crippen LogP contribution is 2.20. The zero-order valence-electron chi connectivity index (χ0n) is 12.2. The van der Waals surface area contributed by atoms with Gasteiger partial charge in [-0.2, -0.15) is 0 Å². The number of carbonyl (C=O) groups is 1. The molecule has 7 heteroatoms. The smallest absolute Gasteiger partial charge is 0.340 e. The minimum atomic E-state index is -0.383. The monoisotopic (exact) mass is 289 g/mol. The van der Waals surface area contributed by atoms with Crippen LogP contribution < -0.4 is 11.1 Å². The second-order valence-corrected chi connectivity index (χ2v) is 4.56. The van der Waals surface area contributed by atoms with Crippen LogP contribution in [0.2, 0.25) is 0 Å². The zero-order valence-corrected chi connectivity index (χ0v) is 12.2. The summed E-state index contributed by atoms with van der Waals surface area (Å²) in [5, 5.41) is 11.0. The Hall–Kier alpha value is -2.57. The first-order valence-electron chi connectivity index (χ1n) is 6.75. The second-order valence-electron chi connectivity index (χ2n) is 4.56.